The number of hydrogen-bond donors (Lipinski definition) is 0. The van der Waals surface area contributed by atoms with E-state index in [0.717, 1.165) is 39.1 Å². The highest BCUT2D eigenvalue weighted by molar-refractivity contribution is 7.23. The summed E-state index contributed by atoms with van der Waals surface area (Å²) in [6.07, 6.45) is 0.845. The van der Waals surface area contributed by atoms with Gasteiger partial charge in [-0.25, -0.2) is 9.97 Å². The van der Waals surface area contributed by atoms with E-state index in [1.54, 1.807) is 4.90 Å². The summed E-state index contributed by atoms with van der Waals surface area (Å²) < 4.78 is 7.75. The number of nitrogens with zero attached hydrogens (tertiary/aromatic N) is 4. The number of ether oxygens (including phenoxy) is 1. The lowest BCUT2D eigenvalue weighted by Crippen LogP contribution is -2.33. The van der Waals surface area contributed by atoms with E-state index in [1.165, 1.54) is 22.7 Å². The average Bonchev–Trinajstić information content (AvgIpc) is 3.35. The van der Waals surface area contributed by atoms with Gasteiger partial charge in [-0.1, -0.05) is 29.5 Å². The first kappa shape index (κ1) is 23.4. The molecule has 0 atom stereocenters. The fourth-order valence-corrected chi connectivity index (χ4v) is 5.13. The quantitative estimate of drug-likeness (QED) is 0.344. The predicted molar refractivity (Wildman–Crippen MR) is 133 cm³/mol. The van der Waals surface area contributed by atoms with Crippen LogP contribution in [-0.2, 0) is 0 Å². The maximum atomic E-state index is 13.5. The first-order valence-electron chi connectivity index (χ1n) is 9.91. The molecule has 0 aliphatic heterocycles. The molecule has 0 radical (unpaired) electrons. The Hall–Kier alpha value is -2.26. The highest BCUT2D eigenvalue weighted by Gasteiger charge is 2.24. The molecule has 0 N–H and O–H groups in total. The zero-order valence-corrected chi connectivity index (χ0v) is 20.1. The Morgan fingerprint density at radius 2 is 1.77 bits per heavy atom. The van der Waals surface area contributed by atoms with Crippen LogP contribution < -0.4 is 9.64 Å². The van der Waals surface area contributed by atoms with Crippen LogP contribution in [0.5, 0.6) is 5.75 Å². The van der Waals surface area contributed by atoms with E-state index in [1.807, 2.05) is 63.5 Å². The zero-order chi connectivity index (χ0) is 21.1. The van der Waals surface area contributed by atoms with Gasteiger partial charge in [-0.2, -0.15) is 0 Å². The third-order valence-corrected chi connectivity index (χ3v) is 6.68. The van der Waals surface area contributed by atoms with Crippen molar-refractivity contribution in [3.63, 3.8) is 0 Å². The van der Waals surface area contributed by atoms with Gasteiger partial charge in [0.05, 0.1) is 21.5 Å². The van der Waals surface area contributed by atoms with Gasteiger partial charge in [0.1, 0.15) is 11.3 Å². The molecular weight excluding hydrogens is 452 g/mol. The third-order valence-electron chi connectivity index (χ3n) is 4.61. The molecule has 0 fully saturated rings. The summed E-state index contributed by atoms with van der Waals surface area (Å²) in [6.45, 7) is 3.99. The van der Waals surface area contributed by atoms with E-state index in [-0.39, 0.29) is 18.3 Å². The van der Waals surface area contributed by atoms with E-state index in [9.17, 15) is 4.79 Å². The molecule has 0 bridgehead atoms. The van der Waals surface area contributed by atoms with Crippen LogP contribution in [0.1, 0.15) is 23.1 Å². The van der Waals surface area contributed by atoms with Crippen molar-refractivity contribution < 1.29 is 9.53 Å². The Morgan fingerprint density at radius 3 is 2.52 bits per heavy atom. The zero-order valence-electron chi connectivity index (χ0n) is 17.7. The Bertz CT molecular complexity index is 1140. The van der Waals surface area contributed by atoms with Gasteiger partial charge in [0.2, 0.25) is 0 Å². The molecular formula is C22H25ClN4O2S2. The topological polar surface area (TPSA) is 58.6 Å². The number of hydrogen-bond acceptors (Lipinski definition) is 7. The molecule has 2 aromatic heterocycles. The Morgan fingerprint density at radius 1 is 1.00 bits per heavy atom. The van der Waals surface area contributed by atoms with E-state index in [2.05, 4.69) is 9.88 Å². The number of anilines is 1. The summed E-state index contributed by atoms with van der Waals surface area (Å²) in [7, 11) is 4.07. The standard InChI is InChI=1S/C22H24N4O2S2.ClH/c1-4-28-16-10-7-12-18-19(16)24-22(30-18)26(14-8-13-25(2)3)21(27)20-23-15-9-5-6-11-17(15)29-20;/h5-7,9-12H,4,8,13-14H2,1-3H3;1H. The highest BCUT2D eigenvalue weighted by atomic mass is 35.5. The van der Waals surface area contributed by atoms with Crippen molar-refractivity contribution in [3.05, 3.63) is 47.5 Å². The molecule has 164 valence electrons. The van der Waals surface area contributed by atoms with Crippen molar-refractivity contribution in [1.29, 1.82) is 0 Å². The number of amides is 1. The number of halogens is 1. The number of para-hydroxylation sites is 2. The van der Waals surface area contributed by atoms with Gasteiger partial charge in [-0.3, -0.25) is 9.69 Å². The van der Waals surface area contributed by atoms with Crippen molar-refractivity contribution in [2.45, 2.75) is 13.3 Å². The molecule has 0 saturated heterocycles. The van der Waals surface area contributed by atoms with Crippen molar-refractivity contribution in [3.8, 4) is 5.75 Å². The van der Waals surface area contributed by atoms with Gasteiger partial charge in [0.25, 0.3) is 5.91 Å². The summed E-state index contributed by atoms with van der Waals surface area (Å²) in [5, 5.41) is 1.17. The SMILES string of the molecule is CCOc1cccc2sc(N(CCCN(C)C)C(=O)c3nc4ccccc4s3)nc12.Cl. The van der Waals surface area contributed by atoms with Crippen LogP contribution >= 0.6 is 35.1 Å². The monoisotopic (exact) mass is 476 g/mol. The largest absolute Gasteiger partial charge is 0.492 e. The van der Waals surface area contributed by atoms with E-state index in [4.69, 9.17) is 9.72 Å². The number of thiazole rings is 2. The van der Waals surface area contributed by atoms with Crippen molar-refractivity contribution in [2.24, 2.45) is 0 Å². The number of carbonyl (C=O) groups is 1. The Kier molecular flexibility index (Phi) is 7.83. The number of carbonyl (C=O) groups excluding carboxylic acids is 1. The second kappa shape index (κ2) is 10.4. The summed E-state index contributed by atoms with van der Waals surface area (Å²) in [4.78, 5) is 26.7. The predicted octanol–water partition coefficient (Wildman–Crippen LogP) is 5.33. The third kappa shape index (κ3) is 5.15. The molecule has 2 aromatic carbocycles. The average molecular weight is 477 g/mol. The highest BCUT2D eigenvalue weighted by Crippen LogP contribution is 2.35. The second-order valence-electron chi connectivity index (χ2n) is 7.13. The maximum Gasteiger partial charge on any atom is 0.289 e. The summed E-state index contributed by atoms with van der Waals surface area (Å²) >= 11 is 2.94. The van der Waals surface area contributed by atoms with E-state index < -0.39 is 0 Å². The van der Waals surface area contributed by atoms with Crippen molar-refractivity contribution in [1.82, 2.24) is 14.9 Å². The van der Waals surface area contributed by atoms with Crippen LogP contribution in [0.3, 0.4) is 0 Å². The number of benzene rings is 2. The lowest BCUT2D eigenvalue weighted by molar-refractivity contribution is 0.0986. The minimum atomic E-state index is -0.105. The molecule has 0 unspecified atom stereocenters. The molecule has 0 aliphatic carbocycles. The van der Waals surface area contributed by atoms with Gasteiger partial charge in [0.15, 0.2) is 10.1 Å². The minimum absolute atomic E-state index is 0. The molecule has 0 saturated carbocycles. The van der Waals surface area contributed by atoms with Crippen LogP contribution in [0.15, 0.2) is 42.5 Å². The number of fused-ring (bicyclic) bond motifs is 2. The van der Waals surface area contributed by atoms with Gasteiger partial charge >= 0.3 is 0 Å². The summed E-state index contributed by atoms with van der Waals surface area (Å²) in [5.41, 5.74) is 1.65. The Labute approximate surface area is 195 Å². The Balaban J connectivity index is 0.00000272. The lowest BCUT2D eigenvalue weighted by atomic mass is 10.3. The summed E-state index contributed by atoms with van der Waals surface area (Å²) in [6, 6.07) is 13.7. The first-order valence-corrected chi connectivity index (χ1v) is 11.5. The van der Waals surface area contributed by atoms with Crippen LogP contribution in [0.25, 0.3) is 20.4 Å². The van der Waals surface area contributed by atoms with Gasteiger partial charge in [-0.15, -0.1) is 23.7 Å². The molecule has 4 aromatic rings. The molecule has 6 nitrogen and oxygen atoms in total. The smallest absolute Gasteiger partial charge is 0.289 e. The van der Waals surface area contributed by atoms with E-state index in [0.29, 0.717) is 23.3 Å². The summed E-state index contributed by atoms with van der Waals surface area (Å²) in [5.74, 6) is 0.644. The second-order valence-corrected chi connectivity index (χ2v) is 9.17. The number of rotatable bonds is 8. The molecule has 0 spiro atoms. The van der Waals surface area contributed by atoms with Crippen LogP contribution in [0.2, 0.25) is 0 Å². The lowest BCUT2D eigenvalue weighted by Gasteiger charge is -2.19. The molecule has 9 heteroatoms. The van der Waals surface area contributed by atoms with Crippen molar-refractivity contribution >= 4 is 66.6 Å². The molecule has 1 amide bonds. The van der Waals surface area contributed by atoms with Gasteiger partial charge < -0.3 is 9.64 Å². The molecule has 31 heavy (non-hydrogen) atoms. The first-order chi connectivity index (χ1) is 14.6. The normalized spacial score (nSPS) is 11.1. The van der Waals surface area contributed by atoms with Crippen LogP contribution in [0.4, 0.5) is 5.13 Å². The fraction of sp³-hybridized carbons (Fsp3) is 0.318. The van der Waals surface area contributed by atoms with Crippen molar-refractivity contribution in [2.75, 3.05) is 38.7 Å². The maximum absolute atomic E-state index is 13.5. The molecule has 0 aliphatic rings. The molecule has 2 heterocycles. The minimum Gasteiger partial charge on any atom is -0.492 e. The number of aromatic nitrogens is 2. The van der Waals surface area contributed by atoms with E-state index >= 15 is 0 Å². The van der Waals surface area contributed by atoms with Gasteiger partial charge in [0, 0.05) is 6.54 Å². The van der Waals surface area contributed by atoms with Gasteiger partial charge in [-0.05, 0) is 58.3 Å². The van der Waals surface area contributed by atoms with Crippen LogP contribution in [0, 0.1) is 0 Å². The molecule has 4 rings (SSSR count). The van der Waals surface area contributed by atoms with Crippen LogP contribution in [-0.4, -0.2) is 54.6 Å². The fourth-order valence-electron chi connectivity index (χ4n) is 3.21.